The lowest BCUT2D eigenvalue weighted by Crippen LogP contribution is -2.09. The average molecular weight is 304 g/mol. The van der Waals surface area contributed by atoms with Crippen molar-refractivity contribution in [3.63, 3.8) is 0 Å². The highest BCUT2D eigenvalue weighted by molar-refractivity contribution is 5.69. The molecule has 0 amide bonds. The number of hydrogen-bond acceptors (Lipinski definition) is 2. The van der Waals surface area contributed by atoms with Crippen molar-refractivity contribution in [2.75, 3.05) is 6.61 Å². The Labute approximate surface area is 136 Å². The number of ether oxygens (including phenoxy) is 1. The molecule has 0 saturated heterocycles. The number of esters is 1. The van der Waals surface area contributed by atoms with Gasteiger partial charge in [0, 0.05) is 6.42 Å². The molecule has 22 heavy (non-hydrogen) atoms. The second-order valence-corrected chi connectivity index (χ2v) is 7.04. The van der Waals surface area contributed by atoms with E-state index >= 15 is 0 Å². The molecule has 0 heterocycles. The minimum Gasteiger partial charge on any atom is -0.461 e. The summed E-state index contributed by atoms with van der Waals surface area (Å²) in [5.41, 5.74) is 4.20. The zero-order chi connectivity index (χ0) is 16.5. The number of hydrogen-bond donors (Lipinski definition) is 0. The molecule has 0 saturated carbocycles. The van der Waals surface area contributed by atoms with E-state index in [0.717, 1.165) is 18.4 Å². The molecule has 1 atom stereocenters. The molecule has 1 aliphatic rings. The van der Waals surface area contributed by atoms with Gasteiger partial charge in [0.25, 0.3) is 0 Å². The number of carbonyl (C=O) groups excluding carboxylic acids is 1. The smallest absolute Gasteiger partial charge is 0.306 e. The van der Waals surface area contributed by atoms with Crippen LogP contribution < -0.4 is 0 Å². The lowest BCUT2D eigenvalue weighted by Gasteiger charge is -2.18. The molecular formula is C20H32O2. The Hall–Kier alpha value is -1.31. The van der Waals surface area contributed by atoms with Gasteiger partial charge in [-0.05, 0) is 56.9 Å². The Kier molecular flexibility index (Phi) is 8.22. The van der Waals surface area contributed by atoms with E-state index in [2.05, 4.69) is 32.1 Å². The summed E-state index contributed by atoms with van der Waals surface area (Å²) in [5, 5.41) is 0. The molecule has 0 aliphatic heterocycles. The molecule has 0 fully saturated rings. The van der Waals surface area contributed by atoms with Crippen LogP contribution in [0.1, 0.15) is 66.7 Å². The van der Waals surface area contributed by atoms with Crippen LogP contribution in [0.3, 0.4) is 0 Å². The molecular weight excluding hydrogens is 272 g/mol. The average Bonchev–Trinajstić information content (AvgIpc) is 2.45. The maximum absolute atomic E-state index is 11.5. The van der Waals surface area contributed by atoms with Gasteiger partial charge in [-0.15, -0.1) is 0 Å². The predicted molar refractivity (Wildman–Crippen MR) is 93.6 cm³/mol. The van der Waals surface area contributed by atoms with Crippen LogP contribution in [0.4, 0.5) is 0 Å². The van der Waals surface area contributed by atoms with E-state index < -0.39 is 0 Å². The van der Waals surface area contributed by atoms with Crippen LogP contribution in [0.25, 0.3) is 0 Å². The second kappa shape index (κ2) is 9.66. The number of allylic oxidation sites excluding steroid dienone is 5. The molecule has 0 aromatic carbocycles. The SMILES string of the molecule is CC1=CC=C([C@H](C)CC/C=C(/C)COC(=O)CC(C)C)CC1. The first-order valence-corrected chi connectivity index (χ1v) is 8.56. The molecule has 0 radical (unpaired) electrons. The maximum atomic E-state index is 11.5. The predicted octanol–water partition coefficient (Wildman–Crippen LogP) is 5.60. The fraction of sp³-hybridized carbons (Fsp3) is 0.650. The van der Waals surface area contributed by atoms with Crippen LogP contribution in [-0.2, 0) is 9.53 Å². The third-order valence-corrected chi connectivity index (χ3v) is 4.15. The summed E-state index contributed by atoms with van der Waals surface area (Å²) in [6.45, 7) is 11.0. The summed E-state index contributed by atoms with van der Waals surface area (Å²) in [7, 11) is 0. The van der Waals surface area contributed by atoms with Gasteiger partial charge in [0.1, 0.15) is 6.61 Å². The number of rotatable bonds is 8. The van der Waals surface area contributed by atoms with E-state index in [-0.39, 0.29) is 5.97 Å². The summed E-state index contributed by atoms with van der Waals surface area (Å²) in [4.78, 5) is 11.5. The van der Waals surface area contributed by atoms with E-state index in [1.54, 1.807) is 5.57 Å². The summed E-state index contributed by atoms with van der Waals surface area (Å²) in [6.07, 6.45) is 11.9. The minimum atomic E-state index is -0.0920. The summed E-state index contributed by atoms with van der Waals surface area (Å²) < 4.78 is 5.27. The Morgan fingerprint density at radius 3 is 2.59 bits per heavy atom. The first-order chi connectivity index (χ1) is 10.4. The largest absolute Gasteiger partial charge is 0.461 e. The zero-order valence-electron chi connectivity index (χ0n) is 14.9. The summed E-state index contributed by atoms with van der Waals surface area (Å²) in [5.74, 6) is 0.904. The van der Waals surface area contributed by atoms with E-state index in [0.29, 0.717) is 24.9 Å². The van der Waals surface area contributed by atoms with Crippen molar-refractivity contribution in [3.05, 3.63) is 34.9 Å². The van der Waals surface area contributed by atoms with Crippen molar-refractivity contribution < 1.29 is 9.53 Å². The van der Waals surface area contributed by atoms with E-state index in [1.165, 1.54) is 18.4 Å². The molecule has 0 spiro atoms. The Morgan fingerprint density at radius 2 is 2.00 bits per heavy atom. The Bertz CT molecular complexity index is 452. The van der Waals surface area contributed by atoms with Crippen molar-refractivity contribution in [3.8, 4) is 0 Å². The summed E-state index contributed by atoms with van der Waals surface area (Å²) in [6, 6.07) is 0. The molecule has 0 aromatic heterocycles. The monoisotopic (exact) mass is 304 g/mol. The van der Waals surface area contributed by atoms with Gasteiger partial charge in [-0.1, -0.05) is 50.1 Å². The van der Waals surface area contributed by atoms with Crippen LogP contribution in [0.2, 0.25) is 0 Å². The van der Waals surface area contributed by atoms with Gasteiger partial charge in [0.15, 0.2) is 0 Å². The topological polar surface area (TPSA) is 26.3 Å². The third kappa shape index (κ3) is 7.63. The van der Waals surface area contributed by atoms with Gasteiger partial charge in [0.2, 0.25) is 0 Å². The van der Waals surface area contributed by atoms with Crippen LogP contribution in [0.15, 0.2) is 34.9 Å². The quantitative estimate of drug-likeness (QED) is 0.430. The van der Waals surface area contributed by atoms with E-state index in [4.69, 9.17) is 4.74 Å². The van der Waals surface area contributed by atoms with Crippen molar-refractivity contribution in [2.24, 2.45) is 11.8 Å². The van der Waals surface area contributed by atoms with Gasteiger partial charge < -0.3 is 4.74 Å². The first kappa shape index (κ1) is 18.7. The fourth-order valence-corrected chi connectivity index (χ4v) is 2.58. The second-order valence-electron chi connectivity index (χ2n) is 7.04. The van der Waals surface area contributed by atoms with E-state index in [1.807, 2.05) is 20.8 Å². The standard InChI is InChI=1S/C20H32O2/c1-15(2)13-20(21)22-14-17(4)7-6-8-18(5)19-11-9-16(3)10-12-19/h7,9,11,15,18H,6,8,10,12-14H2,1-5H3/b17-7-/t18-/m1/s1. The lowest BCUT2D eigenvalue weighted by molar-refractivity contribution is -0.143. The molecule has 1 rings (SSSR count). The molecule has 124 valence electrons. The molecule has 0 aromatic rings. The lowest BCUT2D eigenvalue weighted by atomic mass is 9.88. The maximum Gasteiger partial charge on any atom is 0.306 e. The van der Waals surface area contributed by atoms with Gasteiger partial charge in [-0.2, -0.15) is 0 Å². The van der Waals surface area contributed by atoms with Crippen molar-refractivity contribution >= 4 is 5.97 Å². The normalized spacial score (nSPS) is 17.1. The highest BCUT2D eigenvalue weighted by atomic mass is 16.5. The van der Waals surface area contributed by atoms with Crippen LogP contribution in [-0.4, -0.2) is 12.6 Å². The van der Waals surface area contributed by atoms with E-state index in [9.17, 15) is 4.79 Å². The Balaban J connectivity index is 2.28. The molecule has 2 nitrogen and oxygen atoms in total. The minimum absolute atomic E-state index is 0.0920. The fourth-order valence-electron chi connectivity index (χ4n) is 2.58. The highest BCUT2D eigenvalue weighted by Gasteiger charge is 2.11. The van der Waals surface area contributed by atoms with Crippen LogP contribution >= 0.6 is 0 Å². The van der Waals surface area contributed by atoms with Gasteiger partial charge >= 0.3 is 5.97 Å². The first-order valence-electron chi connectivity index (χ1n) is 8.56. The van der Waals surface area contributed by atoms with Crippen LogP contribution in [0, 0.1) is 11.8 Å². The van der Waals surface area contributed by atoms with Crippen molar-refractivity contribution in [2.45, 2.75) is 66.7 Å². The van der Waals surface area contributed by atoms with Crippen LogP contribution in [0.5, 0.6) is 0 Å². The molecule has 0 unspecified atom stereocenters. The molecule has 0 bridgehead atoms. The summed E-state index contributed by atoms with van der Waals surface area (Å²) >= 11 is 0. The number of carbonyl (C=O) groups is 1. The molecule has 0 N–H and O–H groups in total. The highest BCUT2D eigenvalue weighted by Crippen LogP contribution is 2.27. The van der Waals surface area contributed by atoms with Gasteiger partial charge in [-0.3, -0.25) is 4.79 Å². The van der Waals surface area contributed by atoms with Crippen molar-refractivity contribution in [1.82, 2.24) is 0 Å². The third-order valence-electron chi connectivity index (χ3n) is 4.15. The van der Waals surface area contributed by atoms with Gasteiger partial charge in [0.05, 0.1) is 0 Å². The Morgan fingerprint density at radius 1 is 1.27 bits per heavy atom. The van der Waals surface area contributed by atoms with Gasteiger partial charge in [-0.25, -0.2) is 0 Å². The molecule has 1 aliphatic carbocycles. The molecule has 2 heteroatoms. The zero-order valence-corrected chi connectivity index (χ0v) is 14.9. The van der Waals surface area contributed by atoms with Crippen molar-refractivity contribution in [1.29, 1.82) is 0 Å².